The Morgan fingerprint density at radius 2 is 1.60 bits per heavy atom. The summed E-state index contributed by atoms with van der Waals surface area (Å²) in [6.45, 7) is 11.4. The van der Waals surface area contributed by atoms with Crippen LogP contribution in [-0.2, 0) is 24.7 Å². The molecule has 0 saturated carbocycles. The largest absolute Gasteiger partial charge is 0.460 e. The minimum atomic E-state index is -1.37. The highest BCUT2D eigenvalue weighted by atomic mass is 16.6. The van der Waals surface area contributed by atoms with Crippen molar-refractivity contribution in [2.24, 2.45) is 0 Å². The molecule has 0 radical (unpaired) electrons. The number of amides is 3. The van der Waals surface area contributed by atoms with Crippen molar-refractivity contribution >= 4 is 23.9 Å². The number of benzene rings is 1. The maximum Gasteiger partial charge on any atom is 0.409 e. The molecule has 12 heteroatoms. The number of ether oxygens (including phenoxy) is 2. The fourth-order valence-corrected chi connectivity index (χ4v) is 4.28. The van der Waals surface area contributed by atoms with Crippen LogP contribution in [0.25, 0.3) is 11.4 Å². The van der Waals surface area contributed by atoms with Crippen molar-refractivity contribution in [3.63, 3.8) is 0 Å². The Morgan fingerprint density at radius 1 is 0.976 bits per heavy atom. The van der Waals surface area contributed by atoms with Gasteiger partial charge in [-0.2, -0.15) is 0 Å². The van der Waals surface area contributed by atoms with Crippen LogP contribution in [-0.4, -0.2) is 93.2 Å². The number of carbonyl (C=O) groups excluding carboxylic acids is 4. The maximum atomic E-state index is 13.6. The summed E-state index contributed by atoms with van der Waals surface area (Å²) in [6.07, 6.45) is -0.558. The SMILES string of the molecule is CCOC(=O)N1CCN(C(=O)C(CCC(=O)OC(C)(C)C)NC(=O)c2cc(C(C)(C)O)nc(-c3ccccc3)n2)CC1. The second-order valence-corrected chi connectivity index (χ2v) is 11.5. The van der Waals surface area contributed by atoms with Gasteiger partial charge in [-0.25, -0.2) is 14.8 Å². The van der Waals surface area contributed by atoms with E-state index in [1.165, 1.54) is 11.0 Å². The Bertz CT molecular complexity index is 1260. The molecule has 1 aliphatic heterocycles. The normalized spacial score (nSPS) is 14.6. The molecule has 3 amide bonds. The Morgan fingerprint density at radius 3 is 2.17 bits per heavy atom. The van der Waals surface area contributed by atoms with Crippen molar-refractivity contribution in [1.82, 2.24) is 25.1 Å². The van der Waals surface area contributed by atoms with Crippen LogP contribution in [0.15, 0.2) is 36.4 Å². The van der Waals surface area contributed by atoms with E-state index >= 15 is 0 Å². The van der Waals surface area contributed by atoms with Gasteiger partial charge < -0.3 is 29.7 Å². The summed E-state index contributed by atoms with van der Waals surface area (Å²) >= 11 is 0. The van der Waals surface area contributed by atoms with Gasteiger partial charge in [-0.3, -0.25) is 14.4 Å². The predicted molar refractivity (Wildman–Crippen MR) is 154 cm³/mol. The molecule has 0 aliphatic carbocycles. The summed E-state index contributed by atoms with van der Waals surface area (Å²) in [5.41, 5.74) is -1.23. The minimum Gasteiger partial charge on any atom is -0.460 e. The third kappa shape index (κ3) is 9.23. The van der Waals surface area contributed by atoms with Crippen LogP contribution in [0.3, 0.4) is 0 Å². The smallest absolute Gasteiger partial charge is 0.409 e. The van der Waals surface area contributed by atoms with Gasteiger partial charge in [0.25, 0.3) is 5.91 Å². The van der Waals surface area contributed by atoms with Gasteiger partial charge in [0, 0.05) is 38.2 Å². The first-order valence-electron chi connectivity index (χ1n) is 14.1. The van der Waals surface area contributed by atoms with Crippen molar-refractivity contribution in [1.29, 1.82) is 0 Å². The molecule has 2 N–H and O–H groups in total. The van der Waals surface area contributed by atoms with Gasteiger partial charge in [0.05, 0.1) is 12.3 Å². The molecule has 1 aliphatic rings. The van der Waals surface area contributed by atoms with Gasteiger partial charge in [0.2, 0.25) is 5.91 Å². The number of piperazine rings is 1. The van der Waals surface area contributed by atoms with Crippen LogP contribution in [0.5, 0.6) is 0 Å². The molecule has 2 aromatic rings. The summed E-state index contributed by atoms with van der Waals surface area (Å²) in [5, 5.41) is 13.4. The van der Waals surface area contributed by atoms with Crippen LogP contribution in [0.2, 0.25) is 0 Å². The average molecular weight is 584 g/mol. The van der Waals surface area contributed by atoms with Crippen molar-refractivity contribution in [2.75, 3.05) is 32.8 Å². The van der Waals surface area contributed by atoms with E-state index in [0.717, 1.165) is 0 Å². The van der Waals surface area contributed by atoms with E-state index in [2.05, 4.69) is 15.3 Å². The molecule has 12 nitrogen and oxygen atoms in total. The summed E-state index contributed by atoms with van der Waals surface area (Å²) < 4.78 is 10.5. The molecule has 228 valence electrons. The zero-order valence-electron chi connectivity index (χ0n) is 25.2. The molecule has 0 spiro atoms. The van der Waals surface area contributed by atoms with E-state index in [1.54, 1.807) is 58.6 Å². The van der Waals surface area contributed by atoms with Gasteiger partial charge >= 0.3 is 12.1 Å². The third-order valence-corrected chi connectivity index (χ3v) is 6.40. The molecule has 0 bridgehead atoms. The zero-order chi connectivity index (χ0) is 31.1. The minimum absolute atomic E-state index is 0.00739. The molecule has 1 aromatic heterocycles. The maximum absolute atomic E-state index is 13.6. The summed E-state index contributed by atoms with van der Waals surface area (Å²) in [6, 6.07) is 9.34. The second-order valence-electron chi connectivity index (χ2n) is 11.5. The summed E-state index contributed by atoms with van der Waals surface area (Å²) in [5.74, 6) is -1.31. The van der Waals surface area contributed by atoms with Gasteiger partial charge in [-0.05, 0) is 54.0 Å². The molecule has 1 unspecified atom stereocenters. The van der Waals surface area contributed by atoms with E-state index in [1.807, 2.05) is 18.2 Å². The lowest BCUT2D eigenvalue weighted by molar-refractivity contribution is -0.155. The van der Waals surface area contributed by atoms with Crippen molar-refractivity contribution in [3.8, 4) is 11.4 Å². The Kier molecular flexibility index (Phi) is 10.6. The van der Waals surface area contributed by atoms with E-state index < -0.39 is 41.1 Å². The number of nitrogens with one attached hydrogen (secondary N) is 1. The molecule has 3 rings (SSSR count). The lowest BCUT2D eigenvalue weighted by Gasteiger charge is -2.36. The van der Waals surface area contributed by atoms with E-state index in [0.29, 0.717) is 5.56 Å². The monoisotopic (exact) mass is 583 g/mol. The summed E-state index contributed by atoms with van der Waals surface area (Å²) in [4.78, 5) is 63.7. The number of aromatic nitrogens is 2. The molecule has 42 heavy (non-hydrogen) atoms. The molecule has 1 aromatic carbocycles. The van der Waals surface area contributed by atoms with Crippen molar-refractivity contribution < 1.29 is 33.8 Å². The molecule has 1 atom stereocenters. The predicted octanol–water partition coefficient (Wildman–Crippen LogP) is 2.89. The fourth-order valence-electron chi connectivity index (χ4n) is 4.28. The number of aliphatic hydroxyl groups is 1. The van der Waals surface area contributed by atoms with Gasteiger partial charge in [-0.15, -0.1) is 0 Å². The Labute approximate surface area is 246 Å². The van der Waals surface area contributed by atoms with Crippen LogP contribution < -0.4 is 5.32 Å². The molecular formula is C30H41N5O7. The van der Waals surface area contributed by atoms with Gasteiger partial charge in [0.15, 0.2) is 5.82 Å². The highest BCUT2D eigenvalue weighted by molar-refractivity contribution is 5.96. The van der Waals surface area contributed by atoms with Gasteiger partial charge in [0.1, 0.15) is 22.9 Å². The number of nitrogens with zero attached hydrogens (tertiary/aromatic N) is 4. The fraction of sp³-hybridized carbons (Fsp3) is 0.533. The van der Waals surface area contributed by atoms with Crippen LogP contribution in [0, 0.1) is 0 Å². The first-order chi connectivity index (χ1) is 19.7. The van der Waals surface area contributed by atoms with Crippen molar-refractivity contribution in [3.05, 3.63) is 47.8 Å². The molecule has 1 saturated heterocycles. The van der Waals surface area contributed by atoms with Crippen LogP contribution in [0.4, 0.5) is 4.79 Å². The van der Waals surface area contributed by atoms with Crippen molar-refractivity contribution in [2.45, 2.75) is 71.6 Å². The first-order valence-corrected chi connectivity index (χ1v) is 14.1. The van der Waals surface area contributed by atoms with E-state index in [-0.39, 0.29) is 62.8 Å². The topological polar surface area (TPSA) is 151 Å². The van der Waals surface area contributed by atoms with Gasteiger partial charge in [-0.1, -0.05) is 30.3 Å². The van der Waals surface area contributed by atoms with Crippen LogP contribution in [0.1, 0.15) is 70.6 Å². The number of hydrogen-bond donors (Lipinski definition) is 2. The highest BCUT2D eigenvalue weighted by Crippen LogP contribution is 2.23. The molecule has 2 heterocycles. The number of carbonyl (C=O) groups is 4. The van der Waals surface area contributed by atoms with E-state index in [4.69, 9.17) is 9.47 Å². The quantitative estimate of drug-likeness (QED) is 0.425. The highest BCUT2D eigenvalue weighted by Gasteiger charge is 2.32. The standard InChI is InChI=1S/C30H41N5O7/c1-7-41-28(39)35-17-15-34(16-18-35)27(38)21(13-14-24(36)42-29(2,3)4)32-26(37)22-19-23(30(5,6)40)33-25(31-22)20-11-9-8-10-12-20/h8-12,19,21,40H,7,13-18H2,1-6H3,(H,32,37). The molecular weight excluding hydrogens is 542 g/mol. The second kappa shape index (κ2) is 13.7. The number of esters is 1. The number of rotatable bonds is 9. The molecule has 1 fully saturated rings. The van der Waals surface area contributed by atoms with E-state index in [9.17, 15) is 24.3 Å². The lowest BCUT2D eigenvalue weighted by atomic mass is 10.0. The first kappa shape index (κ1) is 32.5. The number of hydrogen-bond acceptors (Lipinski definition) is 9. The lowest BCUT2D eigenvalue weighted by Crippen LogP contribution is -2.56. The Balaban J connectivity index is 1.85. The average Bonchev–Trinajstić information content (AvgIpc) is 2.93. The Hall–Kier alpha value is -4.06. The third-order valence-electron chi connectivity index (χ3n) is 6.40. The summed E-state index contributed by atoms with van der Waals surface area (Å²) in [7, 11) is 0. The zero-order valence-corrected chi connectivity index (χ0v) is 25.2. The van der Waals surface area contributed by atoms with Crippen LogP contribution >= 0.6 is 0 Å².